The highest BCUT2D eigenvalue weighted by Crippen LogP contribution is 2.34. The Labute approximate surface area is 236 Å². The van der Waals surface area contributed by atoms with Crippen LogP contribution in [0.3, 0.4) is 0 Å². The first-order valence-corrected chi connectivity index (χ1v) is 13.4. The lowest BCUT2D eigenvalue weighted by molar-refractivity contribution is -0.112. The summed E-state index contributed by atoms with van der Waals surface area (Å²) in [6, 6.07) is 22.9. The zero-order valence-corrected chi connectivity index (χ0v) is 22.8. The molecule has 196 valence electrons. The molecule has 0 aliphatic carbocycles. The number of aromatic nitrogens is 2. The molecule has 2 aliphatic heterocycles. The Bertz CT molecular complexity index is 1500. The molecular weight excluding hydrogens is 533 g/mol. The Balaban J connectivity index is 1.45. The predicted octanol–water partition coefficient (Wildman–Crippen LogP) is 6.18. The topological polar surface area (TPSA) is 70.9 Å². The first-order chi connectivity index (χ1) is 18.9. The van der Waals surface area contributed by atoms with E-state index in [0.717, 1.165) is 35.5 Å². The molecule has 0 spiro atoms. The van der Waals surface area contributed by atoms with Crippen molar-refractivity contribution in [2.24, 2.45) is 4.99 Å². The number of carbonyl (C=O) groups excluding carboxylic acids is 1. The second kappa shape index (κ2) is 10.9. The monoisotopic (exact) mass is 557 g/mol. The second-order valence-electron chi connectivity index (χ2n) is 9.54. The van der Waals surface area contributed by atoms with E-state index in [9.17, 15) is 4.79 Å². The van der Waals surface area contributed by atoms with Crippen LogP contribution < -0.4 is 4.90 Å². The van der Waals surface area contributed by atoms with Gasteiger partial charge in [-0.2, -0.15) is 0 Å². The number of ether oxygens (including phenoxy) is 1. The standard InChI is InChI=1S/C30H25Cl2N5O2/c1-19-2-4-20(5-3-19)25-17-26(21-6-8-22(31)9-7-21)34-30(33-25)35-28-24-16-23(32)10-11-27(24)37(29(28)38)18-36-12-14-39-15-13-36/h2-11,16-17H,12-15,18H2,1H3/b35-28-. The molecule has 0 atom stereocenters. The molecule has 1 aromatic heterocycles. The predicted molar refractivity (Wildman–Crippen MR) is 155 cm³/mol. The van der Waals surface area contributed by atoms with Crippen molar-refractivity contribution < 1.29 is 9.53 Å². The van der Waals surface area contributed by atoms with Gasteiger partial charge in [-0.25, -0.2) is 15.0 Å². The zero-order valence-electron chi connectivity index (χ0n) is 21.3. The average molecular weight is 558 g/mol. The van der Waals surface area contributed by atoms with Crippen LogP contribution in [-0.4, -0.2) is 59.5 Å². The van der Waals surface area contributed by atoms with Crippen molar-refractivity contribution in [3.63, 3.8) is 0 Å². The summed E-state index contributed by atoms with van der Waals surface area (Å²) in [4.78, 5) is 31.9. The molecule has 0 radical (unpaired) electrons. The van der Waals surface area contributed by atoms with Crippen molar-refractivity contribution in [3.8, 4) is 22.5 Å². The Morgan fingerprint density at radius 1 is 0.846 bits per heavy atom. The number of hydrogen-bond donors (Lipinski definition) is 0. The van der Waals surface area contributed by atoms with E-state index in [2.05, 4.69) is 4.90 Å². The fourth-order valence-electron chi connectivity index (χ4n) is 4.70. The van der Waals surface area contributed by atoms with E-state index < -0.39 is 0 Å². The van der Waals surface area contributed by atoms with Gasteiger partial charge in [0.05, 0.1) is 37.0 Å². The van der Waals surface area contributed by atoms with Crippen LogP contribution in [0.5, 0.6) is 0 Å². The fraction of sp³-hybridized carbons (Fsp3) is 0.200. The van der Waals surface area contributed by atoms with Crippen molar-refractivity contribution >= 4 is 46.5 Å². The van der Waals surface area contributed by atoms with Gasteiger partial charge < -0.3 is 4.74 Å². The number of anilines is 1. The zero-order chi connectivity index (χ0) is 26.9. The molecule has 0 N–H and O–H groups in total. The van der Waals surface area contributed by atoms with Crippen LogP contribution in [0, 0.1) is 6.92 Å². The second-order valence-corrected chi connectivity index (χ2v) is 10.4. The van der Waals surface area contributed by atoms with Crippen molar-refractivity contribution in [2.75, 3.05) is 37.9 Å². The lowest BCUT2D eigenvalue weighted by atomic mass is 10.1. The third-order valence-electron chi connectivity index (χ3n) is 6.81. The number of carbonyl (C=O) groups is 1. The van der Waals surface area contributed by atoms with Gasteiger partial charge in [0.25, 0.3) is 11.9 Å². The minimum absolute atomic E-state index is 0.195. The normalized spacial score (nSPS) is 16.6. The molecule has 2 aliphatic rings. The molecule has 1 amide bonds. The Kier molecular flexibility index (Phi) is 7.14. The number of amides is 1. The molecule has 0 bridgehead atoms. The third kappa shape index (κ3) is 5.44. The van der Waals surface area contributed by atoms with E-state index in [1.54, 1.807) is 17.0 Å². The Hall–Kier alpha value is -3.62. The van der Waals surface area contributed by atoms with Crippen LogP contribution in [0.25, 0.3) is 22.5 Å². The highest BCUT2D eigenvalue weighted by molar-refractivity contribution is 6.55. The van der Waals surface area contributed by atoms with Crippen molar-refractivity contribution in [1.29, 1.82) is 0 Å². The van der Waals surface area contributed by atoms with Gasteiger partial charge in [-0.05, 0) is 43.3 Å². The maximum absolute atomic E-state index is 13.8. The number of halogens is 2. The fourth-order valence-corrected chi connectivity index (χ4v) is 5.00. The molecule has 1 saturated heterocycles. The Morgan fingerprint density at radius 3 is 2.13 bits per heavy atom. The van der Waals surface area contributed by atoms with E-state index >= 15 is 0 Å². The largest absolute Gasteiger partial charge is 0.379 e. The summed E-state index contributed by atoms with van der Waals surface area (Å²) in [6.45, 7) is 5.27. The Morgan fingerprint density at radius 2 is 1.46 bits per heavy atom. The molecule has 0 saturated carbocycles. The highest BCUT2D eigenvalue weighted by Gasteiger charge is 2.35. The van der Waals surface area contributed by atoms with Crippen molar-refractivity contribution in [3.05, 3.63) is 94.0 Å². The SMILES string of the molecule is Cc1ccc(-c2cc(-c3ccc(Cl)cc3)nc(/N=C3\C(=O)N(CN4CCOCC4)c4ccc(Cl)cc43)n2)cc1. The summed E-state index contributed by atoms with van der Waals surface area (Å²) in [6.07, 6.45) is 0. The molecule has 6 rings (SSSR count). The van der Waals surface area contributed by atoms with E-state index in [1.165, 1.54) is 0 Å². The van der Waals surface area contributed by atoms with Crippen LogP contribution in [0.1, 0.15) is 11.1 Å². The smallest absolute Gasteiger partial charge is 0.278 e. The summed E-state index contributed by atoms with van der Waals surface area (Å²) < 4.78 is 5.47. The molecular formula is C30H25Cl2N5O2. The molecule has 3 heterocycles. The lowest BCUT2D eigenvalue weighted by Crippen LogP contribution is -2.45. The number of aryl methyl sites for hydroxylation is 1. The van der Waals surface area contributed by atoms with Crippen molar-refractivity contribution in [2.45, 2.75) is 6.92 Å². The summed E-state index contributed by atoms with van der Waals surface area (Å²) in [7, 11) is 0. The minimum atomic E-state index is -0.212. The molecule has 7 nitrogen and oxygen atoms in total. The van der Waals surface area contributed by atoms with Gasteiger partial charge in [-0.15, -0.1) is 0 Å². The average Bonchev–Trinajstić information content (AvgIpc) is 3.19. The number of hydrogen-bond acceptors (Lipinski definition) is 6. The summed E-state index contributed by atoms with van der Waals surface area (Å²) in [5.41, 5.74) is 6.03. The van der Waals surface area contributed by atoms with Crippen LogP contribution in [0.2, 0.25) is 10.0 Å². The maximum Gasteiger partial charge on any atom is 0.278 e. The maximum atomic E-state index is 13.8. The van der Waals surface area contributed by atoms with E-state index in [0.29, 0.717) is 46.9 Å². The van der Waals surface area contributed by atoms with Crippen molar-refractivity contribution in [1.82, 2.24) is 14.9 Å². The van der Waals surface area contributed by atoms with E-state index in [4.69, 9.17) is 42.9 Å². The van der Waals surface area contributed by atoms with Crippen LogP contribution in [-0.2, 0) is 9.53 Å². The van der Waals surface area contributed by atoms with Gasteiger partial charge in [0.2, 0.25) is 0 Å². The number of benzene rings is 3. The molecule has 3 aromatic carbocycles. The van der Waals surface area contributed by atoms with Gasteiger partial charge in [-0.1, -0.05) is 65.2 Å². The van der Waals surface area contributed by atoms with Gasteiger partial charge >= 0.3 is 0 Å². The summed E-state index contributed by atoms with van der Waals surface area (Å²) in [5.74, 6) is -0.0170. The number of fused-ring (bicyclic) bond motifs is 1. The molecule has 39 heavy (non-hydrogen) atoms. The summed E-state index contributed by atoms with van der Waals surface area (Å²) in [5, 5.41) is 1.16. The van der Waals surface area contributed by atoms with Gasteiger partial charge in [0.15, 0.2) is 0 Å². The number of morpholine rings is 1. The number of aliphatic imine (C=N–C) groups is 1. The number of nitrogens with zero attached hydrogens (tertiary/aromatic N) is 5. The molecule has 0 unspecified atom stereocenters. The van der Waals surface area contributed by atoms with Crippen LogP contribution >= 0.6 is 23.2 Å². The van der Waals surface area contributed by atoms with E-state index in [1.807, 2.05) is 67.6 Å². The van der Waals surface area contributed by atoms with E-state index in [-0.39, 0.29) is 17.6 Å². The van der Waals surface area contributed by atoms with Crippen LogP contribution in [0.15, 0.2) is 77.8 Å². The number of rotatable bonds is 5. The highest BCUT2D eigenvalue weighted by atomic mass is 35.5. The summed E-state index contributed by atoms with van der Waals surface area (Å²) >= 11 is 12.5. The van der Waals surface area contributed by atoms with Gasteiger partial charge in [-0.3, -0.25) is 14.6 Å². The molecule has 4 aromatic rings. The quantitative estimate of drug-likeness (QED) is 0.293. The van der Waals surface area contributed by atoms with Gasteiger partial charge in [0.1, 0.15) is 5.71 Å². The van der Waals surface area contributed by atoms with Crippen LogP contribution in [0.4, 0.5) is 11.6 Å². The molecule has 1 fully saturated rings. The lowest BCUT2D eigenvalue weighted by Gasteiger charge is -2.30. The third-order valence-corrected chi connectivity index (χ3v) is 7.30. The first kappa shape index (κ1) is 25.6. The minimum Gasteiger partial charge on any atom is -0.379 e. The van der Waals surface area contributed by atoms with Gasteiger partial charge in [0, 0.05) is 39.8 Å². The first-order valence-electron chi connectivity index (χ1n) is 12.7. The molecule has 9 heteroatoms.